The molecule has 1 aromatic carbocycles. The molecule has 0 spiro atoms. The molecule has 0 fully saturated rings. The molecule has 3 aromatic rings. The summed E-state index contributed by atoms with van der Waals surface area (Å²) in [5.41, 5.74) is -2.93. The van der Waals surface area contributed by atoms with Gasteiger partial charge in [-0.1, -0.05) is 37.7 Å². The molecule has 0 aliphatic carbocycles. The second kappa shape index (κ2) is 9.70. The van der Waals surface area contributed by atoms with Crippen LogP contribution in [0.15, 0.2) is 28.6 Å². The monoisotopic (exact) mass is 490 g/mol. The lowest BCUT2D eigenvalue weighted by molar-refractivity contribution is -0.142. The van der Waals surface area contributed by atoms with Gasteiger partial charge in [0.15, 0.2) is 4.34 Å². The van der Waals surface area contributed by atoms with Crippen molar-refractivity contribution in [1.82, 2.24) is 9.97 Å². The SMILES string of the molecule is COC(=O)c1c(C(F)F)nc(C(F)(F)F)c(CSc2nc3ccccc3s2)c1CC(C)C. The number of ether oxygens (including phenoxy) is 1. The van der Waals surface area contributed by atoms with Gasteiger partial charge in [0.25, 0.3) is 6.43 Å². The molecular formula is C21H19F5N2O2S2. The fourth-order valence-electron chi connectivity index (χ4n) is 3.25. The molecule has 172 valence electrons. The van der Waals surface area contributed by atoms with Crippen molar-refractivity contribution in [3.05, 3.63) is 52.3 Å². The van der Waals surface area contributed by atoms with Crippen LogP contribution in [0.25, 0.3) is 10.2 Å². The molecule has 3 rings (SSSR count). The second-order valence-corrected chi connectivity index (χ2v) is 9.56. The molecule has 2 heterocycles. The van der Waals surface area contributed by atoms with Gasteiger partial charge in [0.1, 0.15) is 11.4 Å². The number of fused-ring (bicyclic) bond motifs is 1. The Balaban J connectivity index is 2.18. The number of thiazole rings is 1. The summed E-state index contributed by atoms with van der Waals surface area (Å²) in [6.07, 6.45) is -8.37. The van der Waals surface area contributed by atoms with E-state index in [9.17, 15) is 26.7 Å². The van der Waals surface area contributed by atoms with Gasteiger partial charge in [-0.15, -0.1) is 11.3 Å². The quantitative estimate of drug-likeness (QED) is 0.204. The molecule has 0 bridgehead atoms. The molecule has 0 unspecified atom stereocenters. The highest BCUT2D eigenvalue weighted by Gasteiger charge is 2.40. The lowest BCUT2D eigenvalue weighted by atomic mass is 9.91. The zero-order valence-corrected chi connectivity index (χ0v) is 18.9. The van der Waals surface area contributed by atoms with Crippen LogP contribution >= 0.6 is 23.1 Å². The van der Waals surface area contributed by atoms with Gasteiger partial charge in [-0.2, -0.15) is 13.2 Å². The normalized spacial score (nSPS) is 12.2. The predicted molar refractivity (Wildman–Crippen MR) is 113 cm³/mol. The largest absolute Gasteiger partial charge is 0.465 e. The number of rotatable bonds is 7. The van der Waals surface area contributed by atoms with Crippen LogP contribution in [0, 0.1) is 5.92 Å². The van der Waals surface area contributed by atoms with E-state index in [4.69, 9.17) is 0 Å². The topological polar surface area (TPSA) is 52.1 Å². The summed E-state index contributed by atoms with van der Waals surface area (Å²) in [4.78, 5) is 20.0. The Morgan fingerprint density at radius 2 is 1.84 bits per heavy atom. The highest BCUT2D eigenvalue weighted by atomic mass is 32.2. The minimum Gasteiger partial charge on any atom is -0.465 e. The molecule has 32 heavy (non-hydrogen) atoms. The van der Waals surface area contributed by atoms with Gasteiger partial charge in [-0.3, -0.25) is 0 Å². The zero-order chi connectivity index (χ0) is 23.6. The lowest BCUT2D eigenvalue weighted by Gasteiger charge is -2.22. The number of pyridine rings is 1. The first-order valence-corrected chi connectivity index (χ1v) is 11.3. The summed E-state index contributed by atoms with van der Waals surface area (Å²) in [5, 5.41) is 0. The average molecular weight is 491 g/mol. The van der Waals surface area contributed by atoms with E-state index in [1.807, 2.05) is 12.1 Å². The minimum atomic E-state index is -4.98. The summed E-state index contributed by atoms with van der Waals surface area (Å²) in [6.45, 7) is 3.45. The summed E-state index contributed by atoms with van der Waals surface area (Å²) in [7, 11) is 0.990. The van der Waals surface area contributed by atoms with Gasteiger partial charge >= 0.3 is 12.1 Å². The molecule has 4 nitrogen and oxygen atoms in total. The van der Waals surface area contributed by atoms with Crippen molar-refractivity contribution in [3.8, 4) is 0 Å². The van der Waals surface area contributed by atoms with E-state index >= 15 is 0 Å². The minimum absolute atomic E-state index is 0.0223. The Kier molecular flexibility index (Phi) is 7.39. The van der Waals surface area contributed by atoms with E-state index in [0.29, 0.717) is 9.86 Å². The number of aromatic nitrogens is 2. The van der Waals surface area contributed by atoms with Crippen molar-refractivity contribution >= 4 is 39.3 Å². The summed E-state index contributed by atoms with van der Waals surface area (Å²) in [5.74, 6) is -1.58. The van der Waals surface area contributed by atoms with E-state index in [1.54, 1.807) is 26.0 Å². The van der Waals surface area contributed by atoms with Crippen LogP contribution in [-0.2, 0) is 23.1 Å². The first-order valence-electron chi connectivity index (χ1n) is 9.50. The number of nitrogens with zero attached hydrogens (tertiary/aromatic N) is 2. The molecule has 0 aliphatic rings. The first kappa shape index (κ1) is 24.4. The number of halogens is 5. The molecule has 0 saturated carbocycles. The lowest BCUT2D eigenvalue weighted by Crippen LogP contribution is -2.22. The first-order chi connectivity index (χ1) is 15.0. The Hall–Kier alpha value is -2.27. The molecule has 0 radical (unpaired) electrons. The number of thioether (sulfide) groups is 1. The maximum Gasteiger partial charge on any atom is 0.433 e. The van der Waals surface area contributed by atoms with E-state index in [2.05, 4.69) is 14.7 Å². The summed E-state index contributed by atoms with van der Waals surface area (Å²) in [6, 6.07) is 7.26. The predicted octanol–water partition coefficient (Wildman–Crippen LogP) is 6.93. The van der Waals surface area contributed by atoms with Crippen LogP contribution < -0.4 is 0 Å². The number of esters is 1. The van der Waals surface area contributed by atoms with Gasteiger partial charge in [-0.25, -0.2) is 23.5 Å². The third-order valence-electron chi connectivity index (χ3n) is 4.53. The number of alkyl halides is 5. The summed E-state index contributed by atoms with van der Waals surface area (Å²) < 4.78 is 74.9. The number of hydrogen-bond donors (Lipinski definition) is 0. The Bertz CT molecular complexity index is 1100. The van der Waals surface area contributed by atoms with Crippen LogP contribution in [0.3, 0.4) is 0 Å². The van der Waals surface area contributed by atoms with E-state index in [1.165, 1.54) is 11.3 Å². The maximum atomic E-state index is 13.9. The number of carbonyl (C=O) groups is 1. The van der Waals surface area contributed by atoms with E-state index in [0.717, 1.165) is 23.6 Å². The van der Waals surface area contributed by atoms with E-state index in [-0.39, 0.29) is 29.2 Å². The van der Waals surface area contributed by atoms with Crippen molar-refractivity contribution in [2.45, 2.75) is 43.0 Å². The molecule has 0 amide bonds. The van der Waals surface area contributed by atoms with Crippen LogP contribution in [0.5, 0.6) is 0 Å². The van der Waals surface area contributed by atoms with Gasteiger partial charge < -0.3 is 4.74 Å². The van der Waals surface area contributed by atoms with Crippen molar-refractivity contribution in [1.29, 1.82) is 0 Å². The Morgan fingerprint density at radius 1 is 1.16 bits per heavy atom. The number of methoxy groups -OCH3 is 1. The Labute approximate surface area is 189 Å². The fourth-order valence-corrected chi connectivity index (χ4v) is 5.37. The van der Waals surface area contributed by atoms with Crippen molar-refractivity contribution in [2.75, 3.05) is 7.11 Å². The molecular weight excluding hydrogens is 471 g/mol. The van der Waals surface area contributed by atoms with Crippen LogP contribution in [0.1, 0.15) is 53.1 Å². The number of benzene rings is 1. The molecule has 11 heteroatoms. The fraction of sp³-hybridized carbons (Fsp3) is 0.381. The molecule has 0 N–H and O–H groups in total. The number of hydrogen-bond acceptors (Lipinski definition) is 6. The molecule has 0 aliphatic heterocycles. The average Bonchev–Trinajstić information content (AvgIpc) is 3.13. The van der Waals surface area contributed by atoms with E-state index < -0.39 is 35.5 Å². The summed E-state index contributed by atoms with van der Waals surface area (Å²) >= 11 is 2.35. The van der Waals surface area contributed by atoms with Gasteiger partial charge in [0.2, 0.25) is 0 Å². The van der Waals surface area contributed by atoms with Crippen LogP contribution in [0.2, 0.25) is 0 Å². The third-order valence-corrected chi connectivity index (χ3v) is 6.74. The second-order valence-electron chi connectivity index (χ2n) is 7.30. The van der Waals surface area contributed by atoms with Crippen LogP contribution in [0.4, 0.5) is 22.0 Å². The zero-order valence-electron chi connectivity index (χ0n) is 17.3. The highest BCUT2D eigenvalue weighted by molar-refractivity contribution is 8.00. The molecule has 0 atom stereocenters. The standard InChI is InChI=1S/C21H19F5N2O2S2/c1-10(2)8-11-12(9-31-20-27-13-6-4-5-7-14(13)32-20)17(21(24,25)26)28-16(18(22)23)15(11)19(29)30-3/h4-7,10,18H,8-9H2,1-3H3. The maximum absolute atomic E-state index is 13.9. The smallest absolute Gasteiger partial charge is 0.433 e. The van der Waals surface area contributed by atoms with Crippen LogP contribution in [-0.4, -0.2) is 23.0 Å². The third kappa shape index (κ3) is 5.20. The molecule has 2 aromatic heterocycles. The van der Waals surface area contributed by atoms with Crippen molar-refractivity contribution in [3.63, 3.8) is 0 Å². The number of carbonyl (C=O) groups excluding carboxylic acids is 1. The van der Waals surface area contributed by atoms with Crippen molar-refractivity contribution < 1.29 is 31.5 Å². The van der Waals surface area contributed by atoms with Gasteiger partial charge in [0, 0.05) is 5.75 Å². The van der Waals surface area contributed by atoms with Gasteiger partial charge in [-0.05, 0) is 35.6 Å². The molecule has 0 saturated heterocycles. The highest BCUT2D eigenvalue weighted by Crippen LogP contribution is 2.41. The van der Waals surface area contributed by atoms with Gasteiger partial charge in [0.05, 0.1) is 22.9 Å². The Morgan fingerprint density at radius 3 is 2.41 bits per heavy atom. The van der Waals surface area contributed by atoms with Crippen molar-refractivity contribution in [2.24, 2.45) is 5.92 Å². The number of para-hydroxylation sites is 1.